The minimum Gasteiger partial charge on any atom is -0.490 e. The number of aromatic nitrogens is 3. The quantitative estimate of drug-likeness (QED) is 0.167. The van der Waals surface area contributed by atoms with Crippen molar-refractivity contribution < 1.29 is 14.3 Å². The van der Waals surface area contributed by atoms with Crippen LogP contribution in [0.3, 0.4) is 0 Å². The van der Waals surface area contributed by atoms with Crippen molar-refractivity contribution in [3.05, 3.63) is 69.9 Å². The van der Waals surface area contributed by atoms with Gasteiger partial charge in [0.25, 0.3) is 0 Å². The van der Waals surface area contributed by atoms with E-state index in [-0.39, 0.29) is 11.2 Å². The number of unbranched alkanes of at least 4 members (excludes halogenated alkanes) is 3. The van der Waals surface area contributed by atoms with E-state index >= 15 is 0 Å². The van der Waals surface area contributed by atoms with Gasteiger partial charge in [0, 0.05) is 28.5 Å². The Labute approximate surface area is 252 Å². The van der Waals surface area contributed by atoms with Gasteiger partial charge in [-0.15, -0.1) is 5.10 Å². The molecule has 7 nitrogen and oxygen atoms in total. The first kappa shape index (κ1) is 29.5. The van der Waals surface area contributed by atoms with Crippen LogP contribution in [0.4, 0.5) is 5.95 Å². The van der Waals surface area contributed by atoms with Gasteiger partial charge in [0.15, 0.2) is 17.3 Å². The molecule has 218 valence electrons. The molecule has 3 aromatic rings. The minimum absolute atomic E-state index is 0.134. The van der Waals surface area contributed by atoms with Crippen molar-refractivity contribution in [2.45, 2.75) is 83.2 Å². The van der Waals surface area contributed by atoms with Crippen molar-refractivity contribution in [1.29, 1.82) is 0 Å². The highest BCUT2D eigenvalue weighted by atomic mass is 35.5. The number of carbonyl (C=O) groups excluding carboxylic acids is 1. The summed E-state index contributed by atoms with van der Waals surface area (Å²) < 4.78 is 14.0. The Balaban J connectivity index is 1.48. The highest BCUT2D eigenvalue weighted by molar-refractivity contribution is 7.98. The fraction of sp³-hybridized carbons (Fsp3) is 0.469. The molecule has 0 radical (unpaired) electrons. The molecule has 1 aromatic heterocycles. The highest BCUT2D eigenvalue weighted by Crippen LogP contribution is 2.47. The van der Waals surface area contributed by atoms with Crippen LogP contribution in [0.15, 0.2) is 58.9 Å². The topological polar surface area (TPSA) is 78.3 Å². The van der Waals surface area contributed by atoms with Crippen LogP contribution in [0, 0.1) is 5.41 Å². The largest absolute Gasteiger partial charge is 0.490 e. The summed E-state index contributed by atoms with van der Waals surface area (Å²) in [4.78, 5) is 18.5. The highest BCUT2D eigenvalue weighted by Gasteiger charge is 2.42. The van der Waals surface area contributed by atoms with Gasteiger partial charge in [-0.05, 0) is 54.5 Å². The molecule has 41 heavy (non-hydrogen) atoms. The lowest BCUT2D eigenvalue weighted by molar-refractivity contribution is -0.118. The molecule has 0 fully saturated rings. The van der Waals surface area contributed by atoms with Gasteiger partial charge in [0.2, 0.25) is 11.1 Å². The lowest BCUT2D eigenvalue weighted by Crippen LogP contribution is -2.36. The Morgan fingerprint density at radius 1 is 1.07 bits per heavy atom. The van der Waals surface area contributed by atoms with E-state index in [0.717, 1.165) is 52.4 Å². The maximum atomic E-state index is 13.7. The summed E-state index contributed by atoms with van der Waals surface area (Å²) in [6, 6.07) is 13.4. The number of fused-ring (bicyclic) bond motifs is 1. The molecular weight excluding hydrogens is 556 g/mol. The number of hydrogen-bond donors (Lipinski definition) is 1. The molecule has 0 amide bonds. The molecule has 1 aliphatic carbocycles. The van der Waals surface area contributed by atoms with E-state index in [4.69, 9.17) is 31.2 Å². The SMILES string of the molecule is CCCCCCOc1ccc(C2C3=C(CC(C)(C)CC3=O)Nc3nc(SCc4ccccc4Cl)nn32)cc1OCC. The molecule has 9 heteroatoms. The van der Waals surface area contributed by atoms with E-state index in [2.05, 4.69) is 26.1 Å². The number of nitrogens with zero attached hydrogens (tertiary/aromatic N) is 3. The molecule has 2 aliphatic rings. The molecule has 2 heterocycles. The molecule has 2 aromatic carbocycles. The lowest BCUT2D eigenvalue weighted by atomic mass is 9.73. The second-order valence-electron chi connectivity index (χ2n) is 11.5. The molecule has 5 rings (SSSR count). The van der Waals surface area contributed by atoms with Gasteiger partial charge < -0.3 is 14.8 Å². The maximum Gasteiger partial charge on any atom is 0.227 e. The molecule has 0 bridgehead atoms. The number of ether oxygens (including phenoxy) is 2. The molecule has 1 atom stereocenters. The smallest absolute Gasteiger partial charge is 0.227 e. The van der Waals surface area contributed by atoms with Crippen molar-refractivity contribution in [3.63, 3.8) is 0 Å². The number of rotatable bonds is 12. The first-order valence-electron chi connectivity index (χ1n) is 14.5. The zero-order valence-corrected chi connectivity index (χ0v) is 25.9. The van der Waals surface area contributed by atoms with E-state index in [1.165, 1.54) is 24.6 Å². The number of anilines is 1. The van der Waals surface area contributed by atoms with E-state index in [0.29, 0.717) is 42.2 Å². The van der Waals surface area contributed by atoms with Crippen LogP contribution >= 0.6 is 23.4 Å². The van der Waals surface area contributed by atoms with E-state index < -0.39 is 6.04 Å². The standard InChI is InChI=1S/C32H39ClN4O3S/c1-5-7-8-11-16-40-26-15-14-21(17-27(26)39-6-2)29-28-24(18-32(3,4)19-25(28)38)34-30-35-31(36-37(29)30)41-20-22-12-9-10-13-23(22)33/h9-10,12-15,17,29H,5-8,11,16,18-20H2,1-4H3,(H,34,35,36). The Bertz CT molecular complexity index is 1430. The van der Waals surface area contributed by atoms with Gasteiger partial charge in [-0.2, -0.15) is 4.98 Å². The van der Waals surface area contributed by atoms with Crippen LogP contribution in [-0.2, 0) is 10.5 Å². The molecule has 1 N–H and O–H groups in total. The maximum absolute atomic E-state index is 13.7. The Morgan fingerprint density at radius 2 is 1.90 bits per heavy atom. The number of nitrogens with one attached hydrogen (secondary N) is 1. The summed E-state index contributed by atoms with van der Waals surface area (Å²) in [6.45, 7) is 9.60. The van der Waals surface area contributed by atoms with Gasteiger partial charge >= 0.3 is 0 Å². The van der Waals surface area contributed by atoms with Crippen molar-refractivity contribution in [1.82, 2.24) is 14.8 Å². The molecule has 0 spiro atoms. The number of thioether (sulfide) groups is 1. The van der Waals surface area contributed by atoms with Crippen LogP contribution in [0.2, 0.25) is 5.02 Å². The average Bonchev–Trinajstić information content (AvgIpc) is 3.34. The van der Waals surface area contributed by atoms with Gasteiger partial charge in [-0.1, -0.05) is 87.7 Å². The summed E-state index contributed by atoms with van der Waals surface area (Å²) in [6.07, 6.45) is 5.79. The van der Waals surface area contributed by atoms with Gasteiger partial charge in [-0.25, -0.2) is 4.68 Å². The third-order valence-electron chi connectivity index (χ3n) is 7.47. The molecule has 1 aliphatic heterocycles. The molecular formula is C32H39ClN4O3S. The Kier molecular flexibility index (Phi) is 9.29. The minimum atomic E-state index is -0.412. The normalized spacial score (nSPS) is 17.6. The zero-order valence-electron chi connectivity index (χ0n) is 24.3. The fourth-order valence-electron chi connectivity index (χ4n) is 5.51. The molecule has 0 saturated heterocycles. The predicted octanol–water partition coefficient (Wildman–Crippen LogP) is 8.24. The average molecular weight is 595 g/mol. The number of hydrogen-bond acceptors (Lipinski definition) is 7. The lowest BCUT2D eigenvalue weighted by Gasteiger charge is -2.38. The molecule has 0 saturated carbocycles. The molecule has 1 unspecified atom stereocenters. The van der Waals surface area contributed by atoms with Crippen molar-refractivity contribution in [3.8, 4) is 11.5 Å². The van der Waals surface area contributed by atoms with E-state index in [1.807, 2.05) is 54.1 Å². The Hall–Kier alpha value is -2.97. The number of ketones is 1. The van der Waals surface area contributed by atoms with Gasteiger partial charge in [0.05, 0.1) is 13.2 Å². The van der Waals surface area contributed by atoms with Crippen LogP contribution < -0.4 is 14.8 Å². The number of halogens is 1. The summed E-state index contributed by atoms with van der Waals surface area (Å²) in [5.74, 6) is 2.82. The second-order valence-corrected chi connectivity index (χ2v) is 12.8. The first-order valence-corrected chi connectivity index (χ1v) is 15.9. The number of allylic oxidation sites excluding steroid dienone is 2. The summed E-state index contributed by atoms with van der Waals surface area (Å²) in [5, 5.41) is 9.71. The van der Waals surface area contributed by atoms with E-state index in [1.54, 1.807) is 0 Å². The summed E-state index contributed by atoms with van der Waals surface area (Å²) >= 11 is 7.91. The van der Waals surface area contributed by atoms with E-state index in [9.17, 15) is 4.79 Å². The zero-order chi connectivity index (χ0) is 29.0. The van der Waals surface area contributed by atoms with Crippen LogP contribution in [0.25, 0.3) is 0 Å². The van der Waals surface area contributed by atoms with Crippen LogP contribution in [0.5, 0.6) is 11.5 Å². The number of benzene rings is 2. The Morgan fingerprint density at radius 3 is 2.68 bits per heavy atom. The first-order chi connectivity index (χ1) is 19.8. The van der Waals surface area contributed by atoms with Gasteiger partial charge in [-0.3, -0.25) is 4.79 Å². The van der Waals surface area contributed by atoms with Crippen LogP contribution in [-0.4, -0.2) is 33.8 Å². The predicted molar refractivity (Wildman–Crippen MR) is 165 cm³/mol. The monoisotopic (exact) mass is 594 g/mol. The third-order valence-corrected chi connectivity index (χ3v) is 8.72. The third kappa shape index (κ3) is 6.75. The van der Waals surface area contributed by atoms with Gasteiger partial charge in [0.1, 0.15) is 6.04 Å². The number of carbonyl (C=O) groups is 1. The van der Waals surface area contributed by atoms with Crippen molar-refractivity contribution in [2.75, 3.05) is 18.5 Å². The summed E-state index contributed by atoms with van der Waals surface area (Å²) in [5.41, 5.74) is 3.48. The second kappa shape index (κ2) is 12.9. The van der Waals surface area contributed by atoms with Crippen LogP contribution in [0.1, 0.15) is 83.4 Å². The fourth-order valence-corrected chi connectivity index (χ4v) is 6.62. The summed E-state index contributed by atoms with van der Waals surface area (Å²) in [7, 11) is 0. The number of Topliss-reactive ketones (excluding diaryl/α,β-unsaturated/α-hetero) is 1. The van der Waals surface area contributed by atoms with Crippen molar-refractivity contribution in [2.24, 2.45) is 5.41 Å². The van der Waals surface area contributed by atoms with Crippen molar-refractivity contribution >= 4 is 35.1 Å².